The van der Waals surface area contributed by atoms with E-state index in [4.69, 9.17) is 16.3 Å². The van der Waals surface area contributed by atoms with Crippen molar-refractivity contribution >= 4 is 17.5 Å². The Morgan fingerprint density at radius 1 is 1.24 bits per heavy atom. The van der Waals surface area contributed by atoms with Crippen LogP contribution < -0.4 is 4.74 Å². The Hall–Kier alpha value is -2.11. The number of rotatable bonds is 6. The quantitative estimate of drug-likeness (QED) is 0.752. The van der Waals surface area contributed by atoms with Crippen molar-refractivity contribution in [2.24, 2.45) is 0 Å². The monoisotopic (exact) mass is 419 g/mol. The molecule has 1 atom stereocenters. The van der Waals surface area contributed by atoms with Crippen molar-refractivity contribution in [2.45, 2.75) is 45.1 Å². The highest BCUT2D eigenvalue weighted by atomic mass is 35.5. The van der Waals surface area contributed by atoms with Crippen molar-refractivity contribution in [1.82, 2.24) is 4.90 Å². The molecule has 1 N–H and O–H groups in total. The van der Waals surface area contributed by atoms with E-state index in [1.54, 1.807) is 17.0 Å². The van der Waals surface area contributed by atoms with Crippen molar-refractivity contribution in [3.8, 4) is 5.75 Å². The van der Waals surface area contributed by atoms with Crippen molar-refractivity contribution in [1.29, 1.82) is 0 Å². The molecule has 1 aliphatic heterocycles. The predicted molar refractivity (Wildman–Crippen MR) is 112 cm³/mol. The lowest BCUT2D eigenvalue weighted by Gasteiger charge is -2.39. The molecule has 1 aliphatic rings. The SMILES string of the molecule is Cc1cc(OCC2(O)CCCN(C(=O)CCc3ccc(F)cc3)C2)cc(C)c1Cl. The average molecular weight is 420 g/mol. The lowest BCUT2D eigenvalue weighted by Crippen LogP contribution is -2.53. The molecule has 1 saturated heterocycles. The van der Waals surface area contributed by atoms with Crippen LogP contribution in [0.1, 0.15) is 36.0 Å². The first-order valence-electron chi connectivity index (χ1n) is 9.90. The van der Waals surface area contributed by atoms with E-state index in [1.165, 1.54) is 12.1 Å². The van der Waals surface area contributed by atoms with Gasteiger partial charge in [-0.3, -0.25) is 4.79 Å². The van der Waals surface area contributed by atoms with E-state index < -0.39 is 5.60 Å². The van der Waals surface area contributed by atoms with Gasteiger partial charge in [-0.25, -0.2) is 4.39 Å². The molecule has 29 heavy (non-hydrogen) atoms. The van der Waals surface area contributed by atoms with E-state index in [1.807, 2.05) is 26.0 Å². The number of piperidine rings is 1. The number of likely N-dealkylation sites (tertiary alicyclic amines) is 1. The van der Waals surface area contributed by atoms with E-state index in [9.17, 15) is 14.3 Å². The zero-order valence-electron chi connectivity index (χ0n) is 16.9. The molecule has 2 aromatic rings. The first kappa shape index (κ1) is 21.6. The molecular weight excluding hydrogens is 393 g/mol. The third-order valence-electron chi connectivity index (χ3n) is 5.37. The standard InChI is InChI=1S/C23H27ClFNO3/c1-16-12-20(13-17(2)22(16)24)29-15-23(28)10-3-11-26(14-23)21(27)9-6-18-4-7-19(25)8-5-18/h4-5,7-8,12-13,28H,3,6,9-11,14-15H2,1-2H3. The number of hydrogen-bond acceptors (Lipinski definition) is 3. The molecule has 0 radical (unpaired) electrons. The van der Waals surface area contributed by atoms with Crippen LogP contribution in [0.15, 0.2) is 36.4 Å². The number of amides is 1. The van der Waals surface area contributed by atoms with Gasteiger partial charge in [-0.15, -0.1) is 0 Å². The van der Waals surface area contributed by atoms with E-state index >= 15 is 0 Å². The zero-order chi connectivity index (χ0) is 21.0. The molecule has 1 unspecified atom stereocenters. The number of hydrogen-bond donors (Lipinski definition) is 1. The molecule has 4 nitrogen and oxygen atoms in total. The maximum Gasteiger partial charge on any atom is 0.223 e. The summed E-state index contributed by atoms with van der Waals surface area (Å²) in [6.07, 6.45) is 2.19. The number of aliphatic hydroxyl groups is 1. The third kappa shape index (κ3) is 5.71. The fourth-order valence-corrected chi connectivity index (χ4v) is 3.82. The molecule has 0 spiro atoms. The van der Waals surface area contributed by atoms with E-state index in [0.717, 1.165) is 23.1 Å². The lowest BCUT2D eigenvalue weighted by atomic mass is 9.93. The van der Waals surface area contributed by atoms with Gasteiger partial charge in [0.15, 0.2) is 0 Å². The fourth-order valence-electron chi connectivity index (χ4n) is 3.71. The second-order valence-corrected chi connectivity index (χ2v) is 8.31. The molecular formula is C23H27ClFNO3. The van der Waals surface area contributed by atoms with E-state index in [2.05, 4.69) is 0 Å². The van der Waals surface area contributed by atoms with Gasteiger partial charge >= 0.3 is 0 Å². The van der Waals surface area contributed by atoms with Crippen LogP contribution in [-0.4, -0.2) is 41.2 Å². The Bertz CT molecular complexity index is 848. The highest BCUT2D eigenvalue weighted by molar-refractivity contribution is 6.32. The van der Waals surface area contributed by atoms with Crippen LogP contribution in [0.3, 0.4) is 0 Å². The number of β-amino-alcohol motifs (C(OH)–C–C–N with tert-alkyl or cyclic N) is 1. The molecule has 1 fully saturated rings. The largest absolute Gasteiger partial charge is 0.491 e. The molecule has 6 heteroatoms. The maximum atomic E-state index is 13.0. The Morgan fingerprint density at radius 2 is 1.90 bits per heavy atom. The van der Waals surface area contributed by atoms with Crippen LogP contribution in [0.25, 0.3) is 0 Å². The highest BCUT2D eigenvalue weighted by Gasteiger charge is 2.36. The topological polar surface area (TPSA) is 49.8 Å². The second-order valence-electron chi connectivity index (χ2n) is 7.93. The summed E-state index contributed by atoms with van der Waals surface area (Å²) in [6.45, 7) is 4.83. The number of carbonyl (C=O) groups excluding carboxylic acids is 1. The average Bonchev–Trinajstić information content (AvgIpc) is 2.70. The third-order valence-corrected chi connectivity index (χ3v) is 5.96. The summed E-state index contributed by atoms with van der Waals surface area (Å²) in [5, 5.41) is 11.7. The number of carbonyl (C=O) groups is 1. The minimum Gasteiger partial charge on any atom is -0.491 e. The van der Waals surface area contributed by atoms with Crippen LogP contribution in [-0.2, 0) is 11.2 Å². The number of benzene rings is 2. The summed E-state index contributed by atoms with van der Waals surface area (Å²) in [4.78, 5) is 14.3. The molecule has 0 aliphatic carbocycles. The summed E-state index contributed by atoms with van der Waals surface area (Å²) in [5.74, 6) is 0.371. The predicted octanol–water partition coefficient (Wildman–Crippen LogP) is 4.46. The van der Waals surface area contributed by atoms with Gasteiger partial charge in [-0.05, 0) is 74.1 Å². The van der Waals surface area contributed by atoms with Crippen LogP contribution in [0.2, 0.25) is 5.02 Å². The number of aryl methyl sites for hydroxylation is 3. The Labute approximate surface area is 176 Å². The van der Waals surface area contributed by atoms with E-state index in [0.29, 0.717) is 36.6 Å². The highest BCUT2D eigenvalue weighted by Crippen LogP contribution is 2.28. The Morgan fingerprint density at radius 3 is 2.55 bits per heavy atom. The van der Waals surface area contributed by atoms with Gasteiger partial charge in [0, 0.05) is 18.0 Å². The van der Waals surface area contributed by atoms with Gasteiger partial charge < -0.3 is 14.7 Å². The van der Waals surface area contributed by atoms with Gasteiger partial charge in [0.05, 0.1) is 6.54 Å². The summed E-state index contributed by atoms with van der Waals surface area (Å²) >= 11 is 6.19. The summed E-state index contributed by atoms with van der Waals surface area (Å²) in [6, 6.07) is 9.90. The second kappa shape index (κ2) is 9.14. The van der Waals surface area contributed by atoms with Gasteiger partial charge in [-0.2, -0.15) is 0 Å². The molecule has 2 aromatic carbocycles. The number of ether oxygens (including phenoxy) is 1. The van der Waals surface area contributed by atoms with Crippen LogP contribution in [0, 0.1) is 19.7 Å². The smallest absolute Gasteiger partial charge is 0.223 e. The van der Waals surface area contributed by atoms with Gasteiger partial charge in [0.1, 0.15) is 23.8 Å². The van der Waals surface area contributed by atoms with Crippen molar-refractivity contribution in [2.75, 3.05) is 19.7 Å². The van der Waals surface area contributed by atoms with E-state index in [-0.39, 0.29) is 24.9 Å². The molecule has 0 saturated carbocycles. The summed E-state index contributed by atoms with van der Waals surface area (Å²) in [7, 11) is 0. The first-order valence-corrected chi connectivity index (χ1v) is 10.3. The van der Waals surface area contributed by atoms with Gasteiger partial charge in [-0.1, -0.05) is 23.7 Å². The molecule has 0 bridgehead atoms. The first-order chi connectivity index (χ1) is 13.8. The Kier molecular flexibility index (Phi) is 6.81. The fraction of sp³-hybridized carbons (Fsp3) is 0.435. The van der Waals surface area contributed by atoms with Crippen LogP contribution in [0.5, 0.6) is 5.75 Å². The summed E-state index contributed by atoms with van der Waals surface area (Å²) in [5.41, 5.74) is 1.69. The minimum atomic E-state index is -1.08. The maximum absolute atomic E-state index is 13.0. The zero-order valence-corrected chi connectivity index (χ0v) is 17.6. The number of halogens is 2. The van der Waals surface area contributed by atoms with Crippen LogP contribution in [0.4, 0.5) is 4.39 Å². The van der Waals surface area contributed by atoms with Crippen molar-refractivity contribution < 1.29 is 19.0 Å². The minimum absolute atomic E-state index is 0.00867. The number of nitrogens with zero attached hydrogens (tertiary/aromatic N) is 1. The molecule has 1 heterocycles. The van der Waals surface area contributed by atoms with Crippen LogP contribution >= 0.6 is 11.6 Å². The summed E-state index contributed by atoms with van der Waals surface area (Å²) < 4.78 is 18.9. The molecule has 0 aromatic heterocycles. The lowest BCUT2D eigenvalue weighted by molar-refractivity contribution is -0.140. The molecule has 156 valence electrons. The van der Waals surface area contributed by atoms with Gasteiger partial charge in [0.25, 0.3) is 0 Å². The molecule has 3 rings (SSSR count). The molecule has 1 amide bonds. The normalized spacial score (nSPS) is 19.3. The Balaban J connectivity index is 1.55. The van der Waals surface area contributed by atoms with Gasteiger partial charge in [0.2, 0.25) is 5.91 Å². The van der Waals surface area contributed by atoms with Crippen molar-refractivity contribution in [3.63, 3.8) is 0 Å². The van der Waals surface area contributed by atoms with Crippen molar-refractivity contribution in [3.05, 3.63) is 63.9 Å².